The minimum absolute atomic E-state index is 0.0119. The molecule has 3 rings (SSSR count). The van der Waals surface area contributed by atoms with Gasteiger partial charge in [0.15, 0.2) is 0 Å². The SMILES string of the molecule is NCC(=O)N1CCN(c2nccc(/C=C3/SC(=O)NC3=O)n2)CC1. The molecule has 2 saturated heterocycles. The Bertz CT molecular complexity index is 714. The maximum Gasteiger partial charge on any atom is 0.290 e. The zero-order valence-corrected chi connectivity index (χ0v) is 13.6. The maximum absolute atomic E-state index is 11.6. The first-order valence-electron chi connectivity index (χ1n) is 7.37. The predicted molar refractivity (Wildman–Crippen MR) is 89.0 cm³/mol. The molecule has 0 saturated carbocycles. The number of carbonyl (C=O) groups excluding carboxylic acids is 3. The molecule has 1 aromatic heterocycles. The van der Waals surface area contributed by atoms with Crippen LogP contribution >= 0.6 is 11.8 Å². The average Bonchev–Trinajstić information content (AvgIpc) is 2.92. The molecule has 0 aromatic carbocycles. The number of aromatic nitrogens is 2. The highest BCUT2D eigenvalue weighted by molar-refractivity contribution is 8.18. The molecule has 2 fully saturated rings. The van der Waals surface area contributed by atoms with E-state index in [0.717, 1.165) is 11.8 Å². The second-order valence-corrected chi connectivity index (χ2v) is 6.22. The molecule has 9 nitrogen and oxygen atoms in total. The summed E-state index contributed by atoms with van der Waals surface area (Å²) in [6, 6.07) is 1.67. The summed E-state index contributed by atoms with van der Waals surface area (Å²) < 4.78 is 0. The average molecular weight is 348 g/mol. The van der Waals surface area contributed by atoms with Crippen LogP contribution in [0.4, 0.5) is 10.7 Å². The Morgan fingerprint density at radius 3 is 2.71 bits per heavy atom. The fourth-order valence-corrected chi connectivity index (χ4v) is 3.10. The maximum atomic E-state index is 11.6. The number of hydrogen-bond donors (Lipinski definition) is 2. The third kappa shape index (κ3) is 3.54. The van der Waals surface area contributed by atoms with Gasteiger partial charge in [-0.05, 0) is 23.9 Å². The quantitative estimate of drug-likeness (QED) is 0.695. The first-order valence-corrected chi connectivity index (χ1v) is 8.19. The lowest BCUT2D eigenvalue weighted by molar-refractivity contribution is -0.130. The van der Waals surface area contributed by atoms with Crippen LogP contribution < -0.4 is 16.0 Å². The summed E-state index contributed by atoms with van der Waals surface area (Å²) >= 11 is 0.847. The lowest BCUT2D eigenvalue weighted by Gasteiger charge is -2.34. The number of nitrogens with one attached hydrogen (secondary N) is 1. The van der Waals surface area contributed by atoms with Gasteiger partial charge in [0.1, 0.15) is 0 Å². The van der Waals surface area contributed by atoms with E-state index in [1.807, 2.05) is 4.90 Å². The van der Waals surface area contributed by atoms with E-state index in [9.17, 15) is 14.4 Å². The molecule has 0 spiro atoms. The lowest BCUT2D eigenvalue weighted by Crippen LogP contribution is -2.50. The molecular weight excluding hydrogens is 332 g/mol. The van der Waals surface area contributed by atoms with E-state index in [0.29, 0.717) is 42.7 Å². The van der Waals surface area contributed by atoms with Crippen molar-refractivity contribution < 1.29 is 14.4 Å². The van der Waals surface area contributed by atoms with Crippen LogP contribution in [0.2, 0.25) is 0 Å². The molecule has 126 valence electrons. The van der Waals surface area contributed by atoms with Crippen molar-refractivity contribution in [2.24, 2.45) is 5.73 Å². The van der Waals surface area contributed by atoms with E-state index >= 15 is 0 Å². The van der Waals surface area contributed by atoms with Gasteiger partial charge in [-0.15, -0.1) is 0 Å². The third-order valence-electron chi connectivity index (χ3n) is 3.68. The number of imide groups is 1. The number of anilines is 1. The number of nitrogens with two attached hydrogens (primary N) is 1. The van der Waals surface area contributed by atoms with Crippen LogP contribution in [0, 0.1) is 0 Å². The van der Waals surface area contributed by atoms with Gasteiger partial charge in [0.2, 0.25) is 11.9 Å². The number of thioether (sulfide) groups is 1. The van der Waals surface area contributed by atoms with Gasteiger partial charge in [-0.25, -0.2) is 9.97 Å². The molecule has 10 heteroatoms. The summed E-state index contributed by atoms with van der Waals surface area (Å²) in [6.07, 6.45) is 3.16. The van der Waals surface area contributed by atoms with Gasteiger partial charge in [0.05, 0.1) is 17.1 Å². The van der Waals surface area contributed by atoms with Crippen LogP contribution in [-0.2, 0) is 9.59 Å². The summed E-state index contributed by atoms with van der Waals surface area (Å²) in [4.78, 5) is 47.0. The molecule has 0 bridgehead atoms. The van der Waals surface area contributed by atoms with Crippen molar-refractivity contribution in [3.8, 4) is 0 Å². The Morgan fingerprint density at radius 2 is 2.08 bits per heavy atom. The second kappa shape index (κ2) is 6.97. The first-order chi connectivity index (χ1) is 11.6. The van der Waals surface area contributed by atoms with E-state index < -0.39 is 5.91 Å². The van der Waals surface area contributed by atoms with E-state index in [4.69, 9.17) is 5.73 Å². The van der Waals surface area contributed by atoms with Gasteiger partial charge >= 0.3 is 0 Å². The fraction of sp³-hybridized carbons (Fsp3) is 0.357. The Kier molecular flexibility index (Phi) is 4.76. The molecule has 2 aliphatic rings. The monoisotopic (exact) mass is 348 g/mol. The van der Waals surface area contributed by atoms with Crippen LogP contribution in [0.1, 0.15) is 5.69 Å². The van der Waals surface area contributed by atoms with Gasteiger partial charge in [-0.1, -0.05) is 0 Å². The van der Waals surface area contributed by atoms with Gasteiger partial charge in [0.25, 0.3) is 11.1 Å². The molecule has 3 heterocycles. The van der Waals surface area contributed by atoms with Crippen LogP contribution in [0.25, 0.3) is 6.08 Å². The van der Waals surface area contributed by atoms with E-state index in [1.54, 1.807) is 23.2 Å². The number of nitrogens with zero attached hydrogens (tertiary/aromatic N) is 4. The summed E-state index contributed by atoms with van der Waals surface area (Å²) in [5.74, 6) is 0.0426. The normalized spacial score (nSPS) is 19.8. The predicted octanol–water partition coefficient (Wildman–Crippen LogP) is -0.592. The zero-order valence-electron chi connectivity index (χ0n) is 12.8. The Balaban J connectivity index is 1.70. The smallest absolute Gasteiger partial charge is 0.290 e. The van der Waals surface area contributed by atoms with Gasteiger partial charge < -0.3 is 15.5 Å². The van der Waals surface area contributed by atoms with E-state index in [2.05, 4.69) is 15.3 Å². The van der Waals surface area contributed by atoms with Crippen molar-refractivity contribution in [1.82, 2.24) is 20.2 Å². The molecule has 2 aliphatic heterocycles. The number of rotatable bonds is 3. The Morgan fingerprint density at radius 1 is 1.33 bits per heavy atom. The summed E-state index contributed by atoms with van der Waals surface area (Å²) in [7, 11) is 0. The third-order valence-corrected chi connectivity index (χ3v) is 4.49. The van der Waals surface area contributed by atoms with E-state index in [-0.39, 0.29) is 17.7 Å². The molecule has 3 amide bonds. The number of piperazine rings is 1. The lowest BCUT2D eigenvalue weighted by atomic mass is 10.3. The van der Waals surface area contributed by atoms with Crippen molar-refractivity contribution in [2.75, 3.05) is 37.6 Å². The molecule has 0 unspecified atom stereocenters. The highest BCUT2D eigenvalue weighted by Gasteiger charge is 2.25. The minimum atomic E-state index is -0.418. The highest BCUT2D eigenvalue weighted by atomic mass is 32.2. The van der Waals surface area contributed by atoms with Gasteiger partial charge in [-0.3, -0.25) is 19.7 Å². The molecule has 24 heavy (non-hydrogen) atoms. The summed E-state index contributed by atoms with van der Waals surface area (Å²) in [5.41, 5.74) is 5.92. The van der Waals surface area contributed by atoms with Crippen molar-refractivity contribution in [3.05, 3.63) is 22.9 Å². The van der Waals surface area contributed by atoms with Gasteiger partial charge in [0, 0.05) is 32.4 Å². The molecule has 0 aliphatic carbocycles. The van der Waals surface area contributed by atoms with Crippen LogP contribution in [0.5, 0.6) is 0 Å². The molecule has 3 N–H and O–H groups in total. The fourth-order valence-electron chi connectivity index (χ4n) is 2.43. The first kappa shape index (κ1) is 16.4. The molecule has 0 radical (unpaired) electrons. The Hall–Kier alpha value is -2.46. The number of hydrogen-bond acceptors (Lipinski definition) is 8. The standard InChI is InChI=1S/C14H16N6O3S/c15-8-11(21)19-3-5-20(6-4-19)13-16-2-1-9(17-13)7-10-12(22)18-14(23)24-10/h1-2,7H,3-6,8,15H2,(H,18,22,23)/b10-7+. The van der Waals surface area contributed by atoms with Crippen LogP contribution in [0.15, 0.2) is 17.2 Å². The highest BCUT2D eigenvalue weighted by Crippen LogP contribution is 2.25. The topological polar surface area (TPSA) is 122 Å². The molecule has 1 aromatic rings. The van der Waals surface area contributed by atoms with E-state index in [1.165, 1.54) is 0 Å². The minimum Gasteiger partial charge on any atom is -0.338 e. The van der Waals surface area contributed by atoms with Crippen LogP contribution in [-0.4, -0.2) is 64.6 Å². The van der Waals surface area contributed by atoms with Crippen molar-refractivity contribution >= 4 is 40.8 Å². The zero-order chi connectivity index (χ0) is 17.1. The Labute approximate surface area is 142 Å². The van der Waals surface area contributed by atoms with Crippen molar-refractivity contribution in [2.45, 2.75) is 0 Å². The number of carbonyl (C=O) groups is 3. The van der Waals surface area contributed by atoms with Gasteiger partial charge in [-0.2, -0.15) is 0 Å². The van der Waals surface area contributed by atoms with Crippen LogP contribution in [0.3, 0.4) is 0 Å². The second-order valence-electron chi connectivity index (χ2n) is 5.21. The summed E-state index contributed by atoms with van der Waals surface area (Å²) in [5, 5.41) is 1.81. The van der Waals surface area contributed by atoms with Crippen molar-refractivity contribution in [3.63, 3.8) is 0 Å². The molecule has 0 atom stereocenters. The largest absolute Gasteiger partial charge is 0.338 e. The molecular formula is C14H16N6O3S. The van der Waals surface area contributed by atoms with Crippen molar-refractivity contribution in [1.29, 1.82) is 0 Å². The number of amides is 3. The summed E-state index contributed by atoms with van der Waals surface area (Å²) in [6.45, 7) is 2.37.